The number of piperidine rings is 1. The van der Waals surface area contributed by atoms with Crippen molar-refractivity contribution >= 4 is 0 Å². The van der Waals surface area contributed by atoms with E-state index >= 15 is 0 Å². The van der Waals surface area contributed by atoms with E-state index in [0.29, 0.717) is 11.8 Å². The van der Waals surface area contributed by atoms with Crippen LogP contribution in [0, 0.1) is 23.2 Å². The zero-order chi connectivity index (χ0) is 19.8. The summed E-state index contributed by atoms with van der Waals surface area (Å²) in [6.45, 7) is 2.05. The molecule has 4 nitrogen and oxygen atoms in total. The molecular formula is C25H28N2O2. The highest BCUT2D eigenvalue weighted by Gasteiger charge is 2.49. The fourth-order valence-electron chi connectivity index (χ4n) is 5.77. The summed E-state index contributed by atoms with van der Waals surface area (Å²) in [5, 5.41) is 12.7. The third-order valence-corrected chi connectivity index (χ3v) is 7.32. The van der Waals surface area contributed by atoms with Crippen LogP contribution in [0.15, 0.2) is 36.4 Å². The SMILES string of the molecule is COc1ccc2c(c1)CC(C1CCc3cc(C#N)ccc3C1)C1(CCNCC1)O2. The van der Waals surface area contributed by atoms with E-state index in [2.05, 4.69) is 35.7 Å². The lowest BCUT2D eigenvalue weighted by Crippen LogP contribution is -2.56. The highest BCUT2D eigenvalue weighted by atomic mass is 16.5. The number of hydrogen-bond donors (Lipinski definition) is 1. The zero-order valence-electron chi connectivity index (χ0n) is 17.0. The summed E-state index contributed by atoms with van der Waals surface area (Å²) in [6, 6.07) is 14.8. The predicted octanol–water partition coefficient (Wildman–Crippen LogP) is 4.05. The van der Waals surface area contributed by atoms with E-state index in [9.17, 15) is 5.26 Å². The Kier molecular flexibility index (Phi) is 4.72. The van der Waals surface area contributed by atoms with E-state index in [-0.39, 0.29) is 5.60 Å². The third kappa shape index (κ3) is 3.28. The van der Waals surface area contributed by atoms with Gasteiger partial charge >= 0.3 is 0 Å². The molecule has 0 bridgehead atoms. The summed E-state index contributed by atoms with van der Waals surface area (Å²) in [5.41, 5.74) is 4.77. The van der Waals surface area contributed by atoms with Crippen molar-refractivity contribution in [3.05, 3.63) is 58.7 Å². The highest BCUT2D eigenvalue weighted by Crippen LogP contribution is 2.48. The fraction of sp³-hybridized carbons (Fsp3) is 0.480. The molecule has 1 N–H and O–H groups in total. The molecule has 29 heavy (non-hydrogen) atoms. The van der Waals surface area contributed by atoms with Crippen LogP contribution in [-0.2, 0) is 19.3 Å². The number of hydrogen-bond acceptors (Lipinski definition) is 4. The van der Waals surface area contributed by atoms with Gasteiger partial charge in [0.05, 0.1) is 18.7 Å². The Morgan fingerprint density at radius 3 is 2.72 bits per heavy atom. The van der Waals surface area contributed by atoms with Crippen LogP contribution in [0.5, 0.6) is 11.5 Å². The third-order valence-electron chi connectivity index (χ3n) is 7.32. The first kappa shape index (κ1) is 18.5. The van der Waals surface area contributed by atoms with E-state index in [1.54, 1.807) is 7.11 Å². The van der Waals surface area contributed by atoms with E-state index in [1.807, 2.05) is 12.1 Å². The first-order chi connectivity index (χ1) is 14.2. The average molecular weight is 389 g/mol. The molecule has 2 heterocycles. The topological polar surface area (TPSA) is 54.3 Å². The molecule has 2 aliphatic heterocycles. The Bertz CT molecular complexity index is 956. The van der Waals surface area contributed by atoms with Crippen molar-refractivity contribution in [2.45, 2.75) is 44.1 Å². The summed E-state index contributed by atoms with van der Waals surface area (Å²) in [7, 11) is 1.73. The molecule has 2 aromatic carbocycles. The van der Waals surface area contributed by atoms with Crippen molar-refractivity contribution < 1.29 is 9.47 Å². The summed E-state index contributed by atoms with van der Waals surface area (Å²) in [6.07, 6.45) is 6.52. The lowest BCUT2D eigenvalue weighted by atomic mass is 9.64. The number of nitrogens with one attached hydrogen (secondary N) is 1. The summed E-state index contributed by atoms with van der Waals surface area (Å²) >= 11 is 0. The van der Waals surface area contributed by atoms with Gasteiger partial charge in [0, 0.05) is 5.92 Å². The first-order valence-corrected chi connectivity index (χ1v) is 10.8. The standard InChI is InChI=1S/C25H28N2O2/c1-28-22-6-7-24-21(14-22)15-23(25(29-24)8-10-27-11-9-25)20-5-4-18-12-17(16-26)2-3-19(18)13-20/h2-3,6-7,12,14,20,23,27H,4-5,8-11,13,15H2,1H3. The van der Waals surface area contributed by atoms with E-state index in [0.717, 1.165) is 62.3 Å². The minimum Gasteiger partial charge on any atom is -0.497 e. The molecule has 5 rings (SSSR count). The summed E-state index contributed by atoms with van der Waals surface area (Å²) in [5.74, 6) is 3.06. The second-order valence-corrected chi connectivity index (χ2v) is 8.80. The maximum Gasteiger partial charge on any atom is 0.123 e. The molecular weight excluding hydrogens is 360 g/mol. The Morgan fingerprint density at radius 1 is 1.07 bits per heavy atom. The number of nitrogens with zero attached hydrogens (tertiary/aromatic N) is 1. The maximum atomic E-state index is 9.21. The minimum absolute atomic E-state index is 0.0679. The smallest absolute Gasteiger partial charge is 0.123 e. The minimum atomic E-state index is -0.0679. The fourth-order valence-corrected chi connectivity index (χ4v) is 5.77. The monoisotopic (exact) mass is 388 g/mol. The van der Waals surface area contributed by atoms with Gasteiger partial charge in [0.15, 0.2) is 0 Å². The van der Waals surface area contributed by atoms with Gasteiger partial charge in [-0.2, -0.15) is 5.26 Å². The van der Waals surface area contributed by atoms with Gasteiger partial charge in [-0.1, -0.05) is 6.07 Å². The van der Waals surface area contributed by atoms with E-state index in [4.69, 9.17) is 9.47 Å². The van der Waals surface area contributed by atoms with Crippen molar-refractivity contribution in [2.24, 2.45) is 11.8 Å². The maximum absolute atomic E-state index is 9.21. The molecule has 1 saturated heterocycles. The number of nitriles is 1. The number of rotatable bonds is 2. The van der Waals surface area contributed by atoms with Gasteiger partial charge < -0.3 is 14.8 Å². The Hall–Kier alpha value is -2.51. The van der Waals surface area contributed by atoms with Crippen molar-refractivity contribution in [2.75, 3.05) is 20.2 Å². The second-order valence-electron chi connectivity index (χ2n) is 8.80. The van der Waals surface area contributed by atoms with Crippen LogP contribution >= 0.6 is 0 Å². The lowest BCUT2D eigenvalue weighted by molar-refractivity contribution is -0.0578. The van der Waals surface area contributed by atoms with Crippen molar-refractivity contribution in [3.63, 3.8) is 0 Å². The molecule has 1 spiro atoms. The van der Waals surface area contributed by atoms with Crippen LogP contribution in [0.4, 0.5) is 0 Å². The van der Waals surface area contributed by atoms with Gasteiger partial charge in [-0.3, -0.25) is 0 Å². The van der Waals surface area contributed by atoms with Crippen LogP contribution in [-0.4, -0.2) is 25.8 Å². The number of ether oxygens (including phenoxy) is 2. The Morgan fingerprint density at radius 2 is 1.93 bits per heavy atom. The number of fused-ring (bicyclic) bond motifs is 2. The van der Waals surface area contributed by atoms with Crippen LogP contribution in [0.3, 0.4) is 0 Å². The summed E-state index contributed by atoms with van der Waals surface area (Å²) < 4.78 is 12.3. The highest BCUT2D eigenvalue weighted by molar-refractivity contribution is 5.44. The Labute approximate surface area is 172 Å². The van der Waals surface area contributed by atoms with E-state index < -0.39 is 0 Å². The first-order valence-electron chi connectivity index (χ1n) is 10.8. The molecule has 2 aromatic rings. The molecule has 0 saturated carbocycles. The molecule has 2 atom stereocenters. The molecule has 150 valence electrons. The molecule has 0 aromatic heterocycles. The Balaban J connectivity index is 1.48. The van der Waals surface area contributed by atoms with Gasteiger partial charge in [0.1, 0.15) is 17.1 Å². The normalized spacial score (nSPS) is 24.7. The molecule has 1 fully saturated rings. The van der Waals surface area contributed by atoms with Crippen LogP contribution in [0.25, 0.3) is 0 Å². The molecule has 0 amide bonds. The van der Waals surface area contributed by atoms with Crippen molar-refractivity contribution in [1.82, 2.24) is 5.32 Å². The second kappa shape index (κ2) is 7.39. The number of benzene rings is 2. The number of methoxy groups -OCH3 is 1. The van der Waals surface area contributed by atoms with Gasteiger partial charge in [-0.15, -0.1) is 0 Å². The van der Waals surface area contributed by atoms with Gasteiger partial charge in [-0.05, 0) is 105 Å². The van der Waals surface area contributed by atoms with Crippen LogP contribution < -0.4 is 14.8 Å². The largest absolute Gasteiger partial charge is 0.497 e. The van der Waals surface area contributed by atoms with Crippen LogP contribution in [0.1, 0.15) is 41.5 Å². The van der Waals surface area contributed by atoms with E-state index in [1.165, 1.54) is 23.1 Å². The summed E-state index contributed by atoms with van der Waals surface area (Å²) in [4.78, 5) is 0. The number of aryl methyl sites for hydroxylation is 1. The molecule has 1 aliphatic carbocycles. The van der Waals surface area contributed by atoms with Gasteiger partial charge in [0.2, 0.25) is 0 Å². The molecule has 2 unspecified atom stereocenters. The molecule has 3 aliphatic rings. The molecule has 4 heteroatoms. The van der Waals surface area contributed by atoms with Gasteiger partial charge in [-0.25, -0.2) is 0 Å². The molecule has 0 radical (unpaired) electrons. The predicted molar refractivity (Wildman–Crippen MR) is 112 cm³/mol. The quantitative estimate of drug-likeness (QED) is 0.843. The lowest BCUT2D eigenvalue weighted by Gasteiger charge is -2.51. The van der Waals surface area contributed by atoms with Crippen LogP contribution in [0.2, 0.25) is 0 Å². The zero-order valence-corrected chi connectivity index (χ0v) is 17.0. The van der Waals surface area contributed by atoms with Crippen molar-refractivity contribution in [1.29, 1.82) is 5.26 Å². The van der Waals surface area contributed by atoms with Crippen molar-refractivity contribution in [3.8, 4) is 17.6 Å². The average Bonchev–Trinajstić information content (AvgIpc) is 2.78. The van der Waals surface area contributed by atoms with Gasteiger partial charge in [0.25, 0.3) is 0 Å².